The Kier molecular flexibility index (Phi) is 4.42. The molecule has 1 heterocycles. The fourth-order valence-corrected chi connectivity index (χ4v) is 2.63. The molecule has 1 aromatic carbocycles. The normalized spacial score (nSPS) is 17.5. The molecule has 2 rings (SSSR count). The van der Waals surface area contributed by atoms with E-state index in [1.807, 2.05) is 31.2 Å². The maximum absolute atomic E-state index is 11.7. The van der Waals surface area contributed by atoms with Crippen LogP contribution >= 0.6 is 0 Å². The van der Waals surface area contributed by atoms with E-state index >= 15 is 0 Å². The number of hydrogen-bond acceptors (Lipinski definition) is 4. The molecule has 0 bridgehead atoms. The Morgan fingerprint density at radius 2 is 1.70 bits per heavy atom. The van der Waals surface area contributed by atoms with Crippen LogP contribution in [0.5, 0.6) is 0 Å². The lowest BCUT2D eigenvalue weighted by Gasteiger charge is -2.37. The molecule has 0 aliphatic carbocycles. The largest absolute Gasteiger partial charge is 0.417 e. The molecule has 0 amide bonds. The average molecular weight is 276 g/mol. The molecule has 4 heteroatoms. The lowest BCUT2D eigenvalue weighted by atomic mass is 9.92. The highest BCUT2D eigenvalue weighted by Crippen LogP contribution is 2.38. The zero-order chi connectivity index (χ0) is 14.6. The average Bonchev–Trinajstić information content (AvgIpc) is 2.38. The lowest BCUT2D eigenvalue weighted by molar-refractivity contribution is -0.252. The van der Waals surface area contributed by atoms with Gasteiger partial charge in [0.1, 0.15) is 6.42 Å². The summed E-state index contributed by atoms with van der Waals surface area (Å²) in [7, 11) is 0. The third kappa shape index (κ3) is 2.84. The summed E-state index contributed by atoms with van der Waals surface area (Å²) in [6, 6.07) is 7.70. The Hall–Kier alpha value is -1.84. The fourth-order valence-electron chi connectivity index (χ4n) is 2.63. The van der Waals surface area contributed by atoms with Crippen LogP contribution in [-0.2, 0) is 31.3 Å². The van der Waals surface area contributed by atoms with Gasteiger partial charge in [-0.05, 0) is 18.4 Å². The lowest BCUT2D eigenvalue weighted by Crippen LogP contribution is -2.43. The molecule has 1 aromatic rings. The minimum Gasteiger partial charge on any atom is -0.417 e. The summed E-state index contributed by atoms with van der Waals surface area (Å²) in [5.41, 5.74) is 1.86. The standard InChI is InChI=1S/C16H20O4/c1-3-7-12-8-5-6-9-13(12)16(10-4-2)19-14(17)11-15(18)20-16/h5-6,8-9H,3-4,7,10-11H2,1-2H3. The number of hydrogen-bond donors (Lipinski definition) is 0. The minimum atomic E-state index is -1.24. The van der Waals surface area contributed by atoms with Crippen LogP contribution in [0.3, 0.4) is 0 Å². The molecule has 0 aromatic heterocycles. The highest BCUT2D eigenvalue weighted by atomic mass is 16.7. The summed E-state index contributed by atoms with van der Waals surface area (Å²) in [5.74, 6) is -2.27. The number of cyclic esters (lactones) is 2. The molecule has 108 valence electrons. The van der Waals surface area contributed by atoms with Crippen LogP contribution in [0, 0.1) is 0 Å². The second-order valence-corrected chi connectivity index (χ2v) is 5.03. The quantitative estimate of drug-likeness (QED) is 0.612. The Morgan fingerprint density at radius 3 is 2.30 bits per heavy atom. The Bertz CT molecular complexity index is 491. The van der Waals surface area contributed by atoms with Gasteiger partial charge in [-0.2, -0.15) is 0 Å². The predicted octanol–water partition coefficient (Wildman–Crippen LogP) is 3.08. The first-order valence-corrected chi connectivity index (χ1v) is 7.13. The van der Waals surface area contributed by atoms with Gasteiger partial charge < -0.3 is 9.47 Å². The second kappa shape index (κ2) is 6.07. The van der Waals surface area contributed by atoms with Crippen molar-refractivity contribution in [2.45, 2.75) is 51.7 Å². The van der Waals surface area contributed by atoms with Crippen molar-refractivity contribution in [1.82, 2.24) is 0 Å². The summed E-state index contributed by atoms with van der Waals surface area (Å²) in [6.45, 7) is 4.06. The van der Waals surface area contributed by atoms with E-state index in [4.69, 9.17) is 9.47 Å². The SMILES string of the molecule is CCCc1ccccc1C1(CCC)OC(=O)CC(=O)O1. The molecule has 0 N–H and O–H groups in total. The molecule has 20 heavy (non-hydrogen) atoms. The first-order valence-electron chi connectivity index (χ1n) is 7.13. The Morgan fingerprint density at radius 1 is 1.05 bits per heavy atom. The smallest absolute Gasteiger partial charge is 0.320 e. The maximum atomic E-state index is 11.7. The summed E-state index contributed by atoms with van der Waals surface area (Å²) in [5, 5.41) is 0. The van der Waals surface area contributed by atoms with E-state index in [1.54, 1.807) is 0 Å². The van der Waals surface area contributed by atoms with E-state index in [9.17, 15) is 9.59 Å². The van der Waals surface area contributed by atoms with E-state index in [1.165, 1.54) is 0 Å². The first kappa shape index (κ1) is 14.6. The molecule has 4 nitrogen and oxygen atoms in total. The van der Waals surface area contributed by atoms with Gasteiger partial charge in [0.05, 0.1) is 0 Å². The van der Waals surface area contributed by atoms with Crippen molar-refractivity contribution in [1.29, 1.82) is 0 Å². The molecule has 1 aliphatic rings. The van der Waals surface area contributed by atoms with Crippen molar-refractivity contribution >= 4 is 11.9 Å². The van der Waals surface area contributed by atoms with Crippen LogP contribution in [0.15, 0.2) is 24.3 Å². The van der Waals surface area contributed by atoms with Gasteiger partial charge >= 0.3 is 11.9 Å². The summed E-state index contributed by atoms with van der Waals surface area (Å²) >= 11 is 0. The van der Waals surface area contributed by atoms with Crippen molar-refractivity contribution in [3.63, 3.8) is 0 Å². The fraction of sp³-hybridized carbons (Fsp3) is 0.500. The minimum absolute atomic E-state index is 0.304. The molecule has 0 atom stereocenters. The summed E-state index contributed by atoms with van der Waals surface area (Å²) in [4.78, 5) is 23.4. The van der Waals surface area contributed by atoms with Crippen molar-refractivity contribution in [2.75, 3.05) is 0 Å². The van der Waals surface area contributed by atoms with Gasteiger partial charge in [-0.1, -0.05) is 44.5 Å². The van der Waals surface area contributed by atoms with Gasteiger partial charge in [-0.25, -0.2) is 0 Å². The molecule has 1 fully saturated rings. The summed E-state index contributed by atoms with van der Waals surface area (Å²) in [6.07, 6.45) is 2.76. The van der Waals surface area contributed by atoms with Gasteiger partial charge in [0.2, 0.25) is 0 Å². The van der Waals surface area contributed by atoms with Gasteiger partial charge in [0.15, 0.2) is 0 Å². The van der Waals surface area contributed by atoms with E-state index in [0.29, 0.717) is 6.42 Å². The van der Waals surface area contributed by atoms with Gasteiger partial charge in [-0.3, -0.25) is 9.59 Å². The molecular weight excluding hydrogens is 256 g/mol. The predicted molar refractivity (Wildman–Crippen MR) is 73.8 cm³/mol. The number of ether oxygens (including phenoxy) is 2. The van der Waals surface area contributed by atoms with Gasteiger partial charge in [-0.15, -0.1) is 0 Å². The zero-order valence-corrected chi connectivity index (χ0v) is 12.0. The molecule has 1 aliphatic heterocycles. The van der Waals surface area contributed by atoms with Crippen LogP contribution < -0.4 is 0 Å². The van der Waals surface area contributed by atoms with Crippen molar-refractivity contribution < 1.29 is 19.1 Å². The van der Waals surface area contributed by atoms with E-state index in [2.05, 4.69) is 6.92 Å². The van der Waals surface area contributed by atoms with Gasteiger partial charge in [0, 0.05) is 12.0 Å². The number of rotatable bonds is 5. The second-order valence-electron chi connectivity index (χ2n) is 5.03. The first-order chi connectivity index (χ1) is 9.61. The Labute approximate surface area is 119 Å². The van der Waals surface area contributed by atoms with E-state index < -0.39 is 17.7 Å². The molecule has 0 spiro atoms. The Balaban J connectivity index is 2.47. The monoisotopic (exact) mass is 276 g/mol. The van der Waals surface area contributed by atoms with Crippen molar-refractivity contribution in [2.24, 2.45) is 0 Å². The number of carbonyl (C=O) groups excluding carboxylic acids is 2. The third-order valence-corrected chi connectivity index (χ3v) is 3.37. The maximum Gasteiger partial charge on any atom is 0.320 e. The van der Waals surface area contributed by atoms with E-state index in [0.717, 1.165) is 30.4 Å². The van der Waals surface area contributed by atoms with Crippen LogP contribution in [0.1, 0.15) is 50.7 Å². The molecular formula is C16H20O4. The number of carbonyl (C=O) groups is 2. The molecule has 1 saturated heterocycles. The zero-order valence-electron chi connectivity index (χ0n) is 12.0. The molecule has 0 radical (unpaired) electrons. The molecule has 0 unspecified atom stereocenters. The van der Waals surface area contributed by atoms with Crippen LogP contribution in [0.4, 0.5) is 0 Å². The molecule has 0 saturated carbocycles. The van der Waals surface area contributed by atoms with E-state index in [-0.39, 0.29) is 6.42 Å². The van der Waals surface area contributed by atoms with Crippen molar-refractivity contribution in [3.05, 3.63) is 35.4 Å². The van der Waals surface area contributed by atoms with Crippen LogP contribution in [-0.4, -0.2) is 11.9 Å². The van der Waals surface area contributed by atoms with Crippen LogP contribution in [0.25, 0.3) is 0 Å². The topological polar surface area (TPSA) is 52.6 Å². The number of aryl methyl sites for hydroxylation is 1. The number of benzene rings is 1. The summed E-state index contributed by atoms with van der Waals surface area (Å²) < 4.78 is 11.0. The van der Waals surface area contributed by atoms with Crippen LogP contribution in [0.2, 0.25) is 0 Å². The highest BCUT2D eigenvalue weighted by molar-refractivity contribution is 5.93. The van der Waals surface area contributed by atoms with Crippen molar-refractivity contribution in [3.8, 4) is 0 Å². The third-order valence-electron chi connectivity index (χ3n) is 3.37. The highest BCUT2D eigenvalue weighted by Gasteiger charge is 2.45. The number of esters is 2. The van der Waals surface area contributed by atoms with Gasteiger partial charge in [0.25, 0.3) is 5.79 Å².